The molecular weight excluding hydrogens is 482 g/mol. The fraction of sp³-hybridized carbons (Fsp3) is 0.0769. The predicted molar refractivity (Wildman–Crippen MR) is 139 cm³/mol. The SMILES string of the molecule is Cc1c(Cl)cccc1-n1c(SCC(O)=C(C#N)c2nc3ccccc3[nH]2)nc2ccccc2c1=O. The zero-order valence-electron chi connectivity index (χ0n) is 18.5. The summed E-state index contributed by atoms with van der Waals surface area (Å²) >= 11 is 7.49. The van der Waals surface area contributed by atoms with E-state index in [1.54, 1.807) is 36.4 Å². The molecule has 0 aliphatic carbocycles. The van der Waals surface area contributed by atoms with Gasteiger partial charge in [-0.3, -0.25) is 9.36 Å². The molecule has 0 radical (unpaired) electrons. The van der Waals surface area contributed by atoms with Crippen molar-refractivity contribution in [1.82, 2.24) is 19.5 Å². The highest BCUT2D eigenvalue weighted by Gasteiger charge is 2.18. The Bertz CT molecular complexity index is 1700. The number of rotatable bonds is 5. The lowest BCUT2D eigenvalue weighted by Crippen LogP contribution is -2.22. The van der Waals surface area contributed by atoms with Gasteiger partial charge in [-0.05, 0) is 48.9 Å². The van der Waals surface area contributed by atoms with Gasteiger partial charge in [0.1, 0.15) is 17.4 Å². The monoisotopic (exact) mass is 499 g/mol. The lowest BCUT2D eigenvalue weighted by molar-refractivity contribution is 0.420. The molecule has 3 aromatic carbocycles. The van der Waals surface area contributed by atoms with E-state index < -0.39 is 0 Å². The molecule has 0 atom stereocenters. The molecule has 35 heavy (non-hydrogen) atoms. The first-order chi connectivity index (χ1) is 17.0. The summed E-state index contributed by atoms with van der Waals surface area (Å²) in [5.41, 5.74) is 3.11. The Balaban J connectivity index is 1.60. The van der Waals surface area contributed by atoms with Crippen molar-refractivity contribution in [3.8, 4) is 11.8 Å². The highest BCUT2D eigenvalue weighted by atomic mass is 35.5. The molecule has 0 bridgehead atoms. The van der Waals surface area contributed by atoms with Crippen LogP contribution in [0.25, 0.3) is 33.2 Å². The Morgan fingerprint density at radius 1 is 1.09 bits per heavy atom. The number of nitriles is 1. The van der Waals surface area contributed by atoms with Gasteiger partial charge in [-0.2, -0.15) is 5.26 Å². The molecule has 0 aliphatic heterocycles. The maximum atomic E-state index is 13.5. The number of aromatic amines is 1. The van der Waals surface area contributed by atoms with E-state index >= 15 is 0 Å². The number of para-hydroxylation sites is 3. The molecule has 0 aliphatic rings. The summed E-state index contributed by atoms with van der Waals surface area (Å²) in [6.07, 6.45) is 0. The highest BCUT2D eigenvalue weighted by Crippen LogP contribution is 2.28. The molecule has 5 rings (SSSR count). The number of halogens is 1. The molecule has 0 fully saturated rings. The van der Waals surface area contributed by atoms with Gasteiger partial charge in [-0.1, -0.05) is 53.7 Å². The molecular formula is C26H18ClN5O2S. The number of H-pyrrole nitrogens is 1. The average Bonchev–Trinajstić information content (AvgIpc) is 3.29. The maximum absolute atomic E-state index is 13.5. The first-order valence-electron chi connectivity index (χ1n) is 10.7. The smallest absolute Gasteiger partial charge is 0.266 e. The van der Waals surface area contributed by atoms with Crippen molar-refractivity contribution in [2.75, 3.05) is 5.75 Å². The number of nitrogens with zero attached hydrogens (tertiary/aromatic N) is 4. The van der Waals surface area contributed by atoms with Crippen molar-refractivity contribution in [3.63, 3.8) is 0 Å². The van der Waals surface area contributed by atoms with Crippen molar-refractivity contribution < 1.29 is 5.11 Å². The van der Waals surface area contributed by atoms with E-state index in [4.69, 9.17) is 16.6 Å². The molecule has 2 heterocycles. The van der Waals surface area contributed by atoms with Gasteiger partial charge in [0.25, 0.3) is 5.56 Å². The lowest BCUT2D eigenvalue weighted by atomic mass is 10.2. The number of nitrogens with one attached hydrogen (secondary N) is 1. The first-order valence-corrected chi connectivity index (χ1v) is 12.0. The Morgan fingerprint density at radius 3 is 2.60 bits per heavy atom. The molecule has 2 aromatic heterocycles. The van der Waals surface area contributed by atoms with Gasteiger partial charge >= 0.3 is 0 Å². The van der Waals surface area contributed by atoms with Gasteiger partial charge in [-0.15, -0.1) is 0 Å². The van der Waals surface area contributed by atoms with E-state index in [0.717, 1.165) is 22.8 Å². The van der Waals surface area contributed by atoms with Crippen LogP contribution < -0.4 is 5.56 Å². The molecule has 0 unspecified atom stereocenters. The van der Waals surface area contributed by atoms with Crippen LogP contribution in [-0.2, 0) is 0 Å². The number of benzene rings is 3. The average molecular weight is 500 g/mol. The minimum atomic E-state index is -0.246. The second-order valence-corrected chi connectivity index (χ2v) is 9.11. The molecule has 0 amide bonds. The van der Waals surface area contributed by atoms with Crippen molar-refractivity contribution in [2.45, 2.75) is 12.1 Å². The number of aliphatic hydroxyl groups excluding tert-OH is 1. The zero-order valence-corrected chi connectivity index (χ0v) is 20.1. The van der Waals surface area contributed by atoms with E-state index in [0.29, 0.717) is 32.3 Å². The number of thioether (sulfide) groups is 1. The van der Waals surface area contributed by atoms with Crippen LogP contribution in [0.1, 0.15) is 11.4 Å². The Hall–Kier alpha value is -4.06. The summed E-state index contributed by atoms with van der Waals surface area (Å²) < 4.78 is 1.49. The fourth-order valence-electron chi connectivity index (χ4n) is 3.79. The van der Waals surface area contributed by atoms with Crippen LogP contribution in [0, 0.1) is 18.3 Å². The molecule has 7 nitrogen and oxygen atoms in total. The standard InChI is InChI=1S/C26H18ClN5O2S/c1-15-18(27)8-6-12-22(15)32-25(34)16-7-2-3-9-19(16)31-26(32)35-14-23(33)17(13-28)24-29-20-10-4-5-11-21(20)30-24/h2-12,33H,14H2,1H3,(H,29,30). The van der Waals surface area contributed by atoms with Crippen molar-refractivity contribution in [2.24, 2.45) is 0 Å². The summed E-state index contributed by atoms with van der Waals surface area (Å²) in [4.78, 5) is 25.7. The second kappa shape index (κ2) is 9.29. The van der Waals surface area contributed by atoms with Crippen LogP contribution in [0.3, 0.4) is 0 Å². The minimum Gasteiger partial charge on any atom is -0.510 e. The Kier molecular flexibility index (Phi) is 6.03. The molecule has 0 saturated carbocycles. The fourth-order valence-corrected chi connectivity index (χ4v) is 4.84. The van der Waals surface area contributed by atoms with Crippen molar-refractivity contribution in [1.29, 1.82) is 5.26 Å². The number of aliphatic hydroxyl groups is 1. The second-order valence-electron chi connectivity index (χ2n) is 7.76. The van der Waals surface area contributed by atoms with Crippen molar-refractivity contribution in [3.05, 3.63) is 99.3 Å². The number of imidazole rings is 1. The Labute approximate surface area is 209 Å². The number of hydrogen-bond acceptors (Lipinski definition) is 6. The number of aromatic nitrogens is 4. The highest BCUT2D eigenvalue weighted by molar-refractivity contribution is 7.99. The number of allylic oxidation sites excluding steroid dienone is 1. The summed E-state index contributed by atoms with van der Waals surface area (Å²) in [6, 6.07) is 21.8. The summed E-state index contributed by atoms with van der Waals surface area (Å²) in [6.45, 7) is 1.83. The van der Waals surface area contributed by atoms with Crippen LogP contribution in [0.15, 0.2) is 82.4 Å². The van der Waals surface area contributed by atoms with Crippen LogP contribution in [0.2, 0.25) is 5.02 Å². The van der Waals surface area contributed by atoms with Gasteiger partial charge < -0.3 is 10.1 Å². The van der Waals surface area contributed by atoms with Crippen LogP contribution in [0.5, 0.6) is 0 Å². The van der Waals surface area contributed by atoms with Crippen LogP contribution >= 0.6 is 23.4 Å². The van der Waals surface area contributed by atoms with E-state index in [-0.39, 0.29) is 28.5 Å². The van der Waals surface area contributed by atoms with Gasteiger partial charge in [0.15, 0.2) is 11.0 Å². The van der Waals surface area contributed by atoms with E-state index in [1.165, 1.54) is 4.57 Å². The maximum Gasteiger partial charge on any atom is 0.266 e. The van der Waals surface area contributed by atoms with Gasteiger partial charge in [0, 0.05) is 5.02 Å². The van der Waals surface area contributed by atoms with Crippen LogP contribution in [-0.4, -0.2) is 30.4 Å². The zero-order chi connectivity index (χ0) is 24.5. The number of fused-ring (bicyclic) bond motifs is 2. The van der Waals surface area contributed by atoms with E-state index in [1.807, 2.05) is 43.3 Å². The Morgan fingerprint density at radius 2 is 1.83 bits per heavy atom. The normalized spacial score (nSPS) is 12.0. The van der Waals surface area contributed by atoms with E-state index in [9.17, 15) is 15.2 Å². The van der Waals surface area contributed by atoms with Crippen LogP contribution in [0.4, 0.5) is 0 Å². The van der Waals surface area contributed by atoms with Gasteiger partial charge in [0.2, 0.25) is 0 Å². The van der Waals surface area contributed by atoms with Crippen molar-refractivity contribution >= 4 is 50.9 Å². The van der Waals surface area contributed by atoms with Gasteiger partial charge in [-0.25, -0.2) is 9.97 Å². The largest absolute Gasteiger partial charge is 0.510 e. The summed E-state index contributed by atoms with van der Waals surface area (Å²) in [5.74, 6) is 0.110. The molecule has 0 spiro atoms. The number of hydrogen-bond donors (Lipinski definition) is 2. The lowest BCUT2D eigenvalue weighted by Gasteiger charge is -2.15. The summed E-state index contributed by atoms with van der Waals surface area (Å²) in [5, 5.41) is 21.9. The third-order valence-electron chi connectivity index (χ3n) is 5.59. The third-order valence-corrected chi connectivity index (χ3v) is 6.95. The molecule has 5 aromatic rings. The van der Waals surface area contributed by atoms with E-state index in [2.05, 4.69) is 9.97 Å². The molecule has 9 heteroatoms. The molecule has 172 valence electrons. The quantitative estimate of drug-likeness (QED) is 0.137. The molecule has 2 N–H and O–H groups in total. The topological polar surface area (TPSA) is 108 Å². The van der Waals surface area contributed by atoms with Gasteiger partial charge in [0.05, 0.1) is 33.4 Å². The summed E-state index contributed by atoms with van der Waals surface area (Å²) in [7, 11) is 0. The first kappa shape index (κ1) is 22.7. The third kappa shape index (κ3) is 4.16. The minimum absolute atomic E-state index is 0.00430. The predicted octanol–water partition coefficient (Wildman–Crippen LogP) is 5.81. The molecule has 0 saturated heterocycles.